The predicted octanol–water partition coefficient (Wildman–Crippen LogP) is 1.39. The summed E-state index contributed by atoms with van der Waals surface area (Å²) < 4.78 is 66.2. The summed E-state index contributed by atoms with van der Waals surface area (Å²) in [6, 6.07) is 1.40. The highest BCUT2D eigenvalue weighted by molar-refractivity contribution is 6.64. The fraction of sp³-hybridized carbons (Fsp3) is 1.00. The van der Waals surface area contributed by atoms with Crippen molar-refractivity contribution in [1.29, 1.82) is 0 Å². The Morgan fingerprint density at radius 3 is 2.30 bits per heavy atom. The molecule has 0 saturated carbocycles. The molecule has 15 heteroatoms. The summed E-state index contributed by atoms with van der Waals surface area (Å²) in [4.78, 5) is 2.39. The van der Waals surface area contributed by atoms with Gasteiger partial charge in [-0.1, -0.05) is 0 Å². The predicted molar refractivity (Wildman–Crippen MR) is 140 cm³/mol. The molecule has 4 rings (SSSR count). The van der Waals surface area contributed by atoms with Gasteiger partial charge < -0.3 is 49.3 Å². The molecule has 37 heavy (non-hydrogen) atoms. The summed E-state index contributed by atoms with van der Waals surface area (Å²) in [5.41, 5.74) is -0.824. The Morgan fingerprint density at radius 1 is 0.973 bits per heavy atom. The van der Waals surface area contributed by atoms with Crippen molar-refractivity contribution in [2.45, 2.75) is 48.6 Å². The number of fused-ring (bicyclic) bond motifs is 4. The zero-order valence-corrected chi connectivity index (χ0v) is 26.6. The zero-order valence-electron chi connectivity index (χ0n) is 23.6. The fourth-order valence-electron chi connectivity index (χ4n) is 5.87. The normalized spacial score (nSPS) is 33.3. The zero-order chi connectivity index (χ0) is 27.0. The van der Waals surface area contributed by atoms with Crippen LogP contribution in [0.2, 0.25) is 17.6 Å². The molecule has 4 saturated heterocycles. The first-order chi connectivity index (χ1) is 17.8. The van der Waals surface area contributed by atoms with Crippen molar-refractivity contribution in [2.24, 2.45) is 0 Å². The SMILES string of the molecule is CO[Si](CCCOCC1CN2CCC[Si](OC)(O1)OC1(COCCC1[Si](OC)(OC)OC)C2)(OC)OC. The van der Waals surface area contributed by atoms with Crippen LogP contribution in [0.5, 0.6) is 0 Å². The summed E-state index contributed by atoms with van der Waals surface area (Å²) in [5, 5.41) is 0. The second-order valence-electron chi connectivity index (χ2n) is 9.72. The highest BCUT2D eigenvalue weighted by atomic mass is 28.4. The molecule has 218 valence electrons. The standard InChI is InChI=1S/C22H47NO11Si3/c1-24-35(25-2,26-3)15-9-12-31-17-20-16-23-11-8-14-36(27-4,33-20)34-22(18-23)19-32-13-10-21(22)37(28-5,29-6)30-7/h20-21H,8-19H2,1-7H3. The highest BCUT2D eigenvalue weighted by Crippen LogP contribution is 2.47. The lowest BCUT2D eigenvalue weighted by Crippen LogP contribution is -2.71. The maximum atomic E-state index is 7.02. The number of ether oxygens (including phenoxy) is 2. The molecule has 0 aromatic carbocycles. The third kappa shape index (κ3) is 7.09. The van der Waals surface area contributed by atoms with E-state index in [9.17, 15) is 0 Å². The Bertz CT molecular complexity index is 674. The molecule has 0 aliphatic carbocycles. The molecule has 4 heterocycles. The van der Waals surface area contributed by atoms with E-state index in [1.165, 1.54) is 0 Å². The molecular weight excluding hydrogens is 538 g/mol. The third-order valence-electron chi connectivity index (χ3n) is 7.75. The quantitative estimate of drug-likeness (QED) is 0.217. The number of hydrogen-bond donors (Lipinski definition) is 0. The van der Waals surface area contributed by atoms with Crippen LogP contribution >= 0.6 is 0 Å². The molecule has 4 aliphatic rings. The van der Waals surface area contributed by atoms with Crippen LogP contribution in [0.1, 0.15) is 19.3 Å². The minimum atomic E-state index is -3.08. The van der Waals surface area contributed by atoms with Gasteiger partial charge in [-0.05, 0) is 25.8 Å². The average molecular weight is 586 g/mol. The van der Waals surface area contributed by atoms with Crippen LogP contribution in [0.4, 0.5) is 0 Å². The Hall–Kier alpha value is 0.171. The second-order valence-corrected chi connectivity index (χ2v) is 18.6. The van der Waals surface area contributed by atoms with Crippen LogP contribution in [0.3, 0.4) is 0 Å². The first-order valence-corrected chi connectivity index (χ1v) is 18.6. The number of nitrogens with zero attached hydrogens (tertiary/aromatic N) is 1. The molecule has 0 aromatic heterocycles. The minimum Gasteiger partial charge on any atom is -0.379 e. The Labute approximate surface area is 225 Å². The molecule has 0 N–H and O–H groups in total. The molecular formula is C22H47NO11Si3. The van der Waals surface area contributed by atoms with Crippen LogP contribution in [-0.4, -0.2) is 139 Å². The lowest BCUT2D eigenvalue weighted by Gasteiger charge is -2.55. The Kier molecular flexibility index (Phi) is 12.1. The van der Waals surface area contributed by atoms with E-state index in [1.54, 1.807) is 49.8 Å². The van der Waals surface area contributed by atoms with Crippen LogP contribution in [0.25, 0.3) is 0 Å². The largest absolute Gasteiger partial charge is 0.506 e. The van der Waals surface area contributed by atoms with Crippen molar-refractivity contribution < 1.29 is 49.3 Å². The molecule has 2 bridgehead atoms. The van der Waals surface area contributed by atoms with Gasteiger partial charge in [-0.15, -0.1) is 0 Å². The summed E-state index contributed by atoms with van der Waals surface area (Å²) in [6.07, 6.45) is 2.25. The second kappa shape index (κ2) is 14.2. The van der Waals surface area contributed by atoms with E-state index < -0.39 is 32.0 Å². The van der Waals surface area contributed by atoms with Crippen LogP contribution in [0.15, 0.2) is 0 Å². The van der Waals surface area contributed by atoms with Gasteiger partial charge in [-0.25, -0.2) is 0 Å². The smallest absolute Gasteiger partial charge is 0.379 e. The summed E-state index contributed by atoms with van der Waals surface area (Å²) >= 11 is 0. The maximum absolute atomic E-state index is 7.02. The Morgan fingerprint density at radius 2 is 1.68 bits per heavy atom. The molecule has 5 atom stereocenters. The molecule has 1 spiro atoms. The van der Waals surface area contributed by atoms with Crippen LogP contribution < -0.4 is 0 Å². The van der Waals surface area contributed by atoms with Gasteiger partial charge in [-0.2, -0.15) is 0 Å². The van der Waals surface area contributed by atoms with Crippen molar-refractivity contribution in [3.63, 3.8) is 0 Å². The van der Waals surface area contributed by atoms with E-state index in [0.717, 1.165) is 25.4 Å². The van der Waals surface area contributed by atoms with Crippen molar-refractivity contribution in [3.8, 4) is 0 Å². The molecule has 4 fully saturated rings. The summed E-state index contributed by atoms with van der Waals surface area (Å²) in [7, 11) is 2.77. The van der Waals surface area contributed by atoms with Crippen LogP contribution in [-0.2, 0) is 49.3 Å². The van der Waals surface area contributed by atoms with E-state index >= 15 is 0 Å². The number of rotatable bonds is 14. The number of hydrogen-bond acceptors (Lipinski definition) is 12. The first kappa shape index (κ1) is 31.7. The monoisotopic (exact) mass is 585 g/mol. The molecule has 0 aromatic rings. The summed E-state index contributed by atoms with van der Waals surface area (Å²) in [6.45, 7) is 4.29. The van der Waals surface area contributed by atoms with Gasteiger partial charge >= 0.3 is 26.4 Å². The van der Waals surface area contributed by atoms with E-state index in [-0.39, 0.29) is 11.6 Å². The van der Waals surface area contributed by atoms with Crippen molar-refractivity contribution in [2.75, 3.05) is 95.8 Å². The van der Waals surface area contributed by atoms with Crippen molar-refractivity contribution >= 4 is 26.4 Å². The van der Waals surface area contributed by atoms with Gasteiger partial charge in [0.25, 0.3) is 0 Å². The lowest BCUT2D eigenvalue weighted by molar-refractivity contribution is -0.157. The topological polar surface area (TPSA) is 105 Å². The third-order valence-corrected chi connectivity index (χ3v) is 17.0. The lowest BCUT2D eigenvalue weighted by atomic mass is 9.94. The van der Waals surface area contributed by atoms with Gasteiger partial charge in [0.15, 0.2) is 0 Å². The van der Waals surface area contributed by atoms with Crippen molar-refractivity contribution in [3.05, 3.63) is 0 Å². The van der Waals surface area contributed by atoms with E-state index in [0.29, 0.717) is 52.0 Å². The molecule has 4 aliphatic heterocycles. The van der Waals surface area contributed by atoms with Crippen molar-refractivity contribution in [1.82, 2.24) is 4.90 Å². The minimum absolute atomic E-state index is 0.112. The molecule has 0 radical (unpaired) electrons. The van der Waals surface area contributed by atoms with Gasteiger partial charge in [0.05, 0.1) is 24.9 Å². The Balaban J connectivity index is 1.73. The summed E-state index contributed by atoms with van der Waals surface area (Å²) in [5.74, 6) is 0. The van der Waals surface area contributed by atoms with Gasteiger partial charge in [0.1, 0.15) is 5.60 Å². The molecule has 12 nitrogen and oxygen atoms in total. The van der Waals surface area contributed by atoms with Gasteiger partial charge in [0, 0.05) is 88.2 Å². The van der Waals surface area contributed by atoms with Gasteiger partial charge in [0.2, 0.25) is 0 Å². The highest BCUT2D eigenvalue weighted by Gasteiger charge is 2.64. The molecule has 0 amide bonds. The van der Waals surface area contributed by atoms with E-state index in [1.807, 2.05) is 0 Å². The maximum Gasteiger partial charge on any atom is 0.506 e. The first-order valence-electron chi connectivity index (χ1n) is 13.0. The fourth-order valence-corrected chi connectivity index (χ4v) is 13.2. The molecule has 5 unspecified atom stereocenters. The van der Waals surface area contributed by atoms with Crippen LogP contribution in [0, 0.1) is 0 Å². The van der Waals surface area contributed by atoms with E-state index in [2.05, 4.69) is 4.90 Å². The van der Waals surface area contributed by atoms with Gasteiger partial charge in [-0.3, -0.25) is 4.90 Å². The van der Waals surface area contributed by atoms with E-state index in [4.69, 9.17) is 49.3 Å². The average Bonchev–Trinajstić information content (AvgIpc) is 2.90.